The lowest BCUT2D eigenvalue weighted by Gasteiger charge is -2.34. The van der Waals surface area contributed by atoms with E-state index < -0.39 is 18.1 Å². The molecule has 1 aromatic rings. The highest BCUT2D eigenvalue weighted by Crippen LogP contribution is 2.19. The van der Waals surface area contributed by atoms with E-state index in [-0.39, 0.29) is 19.7 Å². The van der Waals surface area contributed by atoms with Crippen molar-refractivity contribution in [2.45, 2.75) is 6.18 Å². The monoisotopic (exact) mass is 408 g/mol. The number of carbonyl (C=O) groups excluding carboxylic acids is 2. The summed E-state index contributed by atoms with van der Waals surface area (Å²) in [5, 5.41) is 0. The predicted octanol–water partition coefficient (Wildman–Crippen LogP) is 2.31. The molecule has 1 heterocycles. The van der Waals surface area contributed by atoms with Crippen LogP contribution in [0.15, 0.2) is 28.7 Å². The van der Waals surface area contributed by atoms with Crippen LogP contribution in [0.2, 0.25) is 0 Å². The van der Waals surface area contributed by atoms with E-state index >= 15 is 0 Å². The van der Waals surface area contributed by atoms with Crippen molar-refractivity contribution in [1.29, 1.82) is 0 Å². The van der Waals surface area contributed by atoms with Crippen molar-refractivity contribution in [1.82, 2.24) is 9.80 Å². The Hall–Kier alpha value is -1.61. The van der Waals surface area contributed by atoms with Gasteiger partial charge in [0.25, 0.3) is 0 Å². The van der Waals surface area contributed by atoms with Crippen LogP contribution >= 0.6 is 15.9 Å². The van der Waals surface area contributed by atoms with Crippen molar-refractivity contribution in [3.8, 4) is 0 Å². The van der Waals surface area contributed by atoms with Gasteiger partial charge in [-0.25, -0.2) is 4.79 Å². The fourth-order valence-electron chi connectivity index (χ4n) is 2.33. The van der Waals surface area contributed by atoms with Crippen molar-refractivity contribution in [2.75, 3.05) is 39.3 Å². The quantitative estimate of drug-likeness (QED) is 0.717. The SMILES string of the molecule is O=C(OCCN1CCN(C(=O)C(F)(F)F)CC1)c1ccccc1Br. The molecule has 0 unspecified atom stereocenters. The molecule has 1 aliphatic heterocycles. The first kappa shape index (κ1) is 18.7. The lowest BCUT2D eigenvalue weighted by molar-refractivity contribution is -0.187. The molecule has 9 heteroatoms. The third kappa shape index (κ3) is 4.94. The molecule has 132 valence electrons. The van der Waals surface area contributed by atoms with E-state index in [2.05, 4.69) is 15.9 Å². The molecule has 0 spiro atoms. The molecule has 5 nitrogen and oxygen atoms in total. The Labute approximate surface area is 145 Å². The van der Waals surface area contributed by atoms with Crippen LogP contribution in [0.5, 0.6) is 0 Å². The van der Waals surface area contributed by atoms with Gasteiger partial charge in [-0.3, -0.25) is 9.69 Å². The predicted molar refractivity (Wildman–Crippen MR) is 83.5 cm³/mol. The molecule has 1 aliphatic rings. The highest BCUT2D eigenvalue weighted by molar-refractivity contribution is 9.10. The normalized spacial score (nSPS) is 16.1. The second kappa shape index (κ2) is 7.98. The zero-order valence-corrected chi connectivity index (χ0v) is 14.3. The molecule has 1 saturated heterocycles. The topological polar surface area (TPSA) is 49.9 Å². The lowest BCUT2D eigenvalue weighted by atomic mass is 10.2. The molecule has 1 amide bonds. The fourth-order valence-corrected chi connectivity index (χ4v) is 2.77. The molecule has 24 heavy (non-hydrogen) atoms. The smallest absolute Gasteiger partial charge is 0.461 e. The molecule has 0 radical (unpaired) electrons. The molecule has 2 rings (SSSR count). The van der Waals surface area contributed by atoms with E-state index in [0.29, 0.717) is 29.7 Å². The third-order valence-corrected chi connectivity index (χ3v) is 4.33. The average Bonchev–Trinajstić information content (AvgIpc) is 2.54. The summed E-state index contributed by atoms with van der Waals surface area (Å²) in [4.78, 5) is 25.7. The number of hydrogen-bond donors (Lipinski definition) is 0. The molecule has 0 aromatic heterocycles. The highest BCUT2D eigenvalue weighted by atomic mass is 79.9. The van der Waals surface area contributed by atoms with E-state index in [1.165, 1.54) is 0 Å². The van der Waals surface area contributed by atoms with Crippen LogP contribution in [0, 0.1) is 0 Å². The first-order valence-corrected chi connectivity index (χ1v) is 8.08. The second-order valence-corrected chi connectivity index (χ2v) is 6.10. The van der Waals surface area contributed by atoms with Gasteiger partial charge in [0.05, 0.1) is 5.56 Å². The molecular formula is C15H16BrF3N2O3. The number of alkyl halides is 3. The van der Waals surface area contributed by atoms with Crippen LogP contribution in [0.4, 0.5) is 13.2 Å². The first-order valence-electron chi connectivity index (χ1n) is 7.29. The Kier molecular flexibility index (Phi) is 6.22. The Balaban J connectivity index is 1.73. The van der Waals surface area contributed by atoms with Gasteiger partial charge in [-0.2, -0.15) is 13.2 Å². The number of halogens is 4. The van der Waals surface area contributed by atoms with Gasteiger partial charge >= 0.3 is 18.1 Å². The van der Waals surface area contributed by atoms with Gasteiger partial charge in [0.1, 0.15) is 6.61 Å². The van der Waals surface area contributed by atoms with E-state index in [0.717, 1.165) is 4.90 Å². The van der Waals surface area contributed by atoms with Gasteiger partial charge < -0.3 is 9.64 Å². The maximum absolute atomic E-state index is 12.3. The van der Waals surface area contributed by atoms with E-state index in [4.69, 9.17) is 4.74 Å². The van der Waals surface area contributed by atoms with Gasteiger partial charge in [0.15, 0.2) is 0 Å². The maximum atomic E-state index is 12.3. The number of esters is 1. The van der Waals surface area contributed by atoms with Gasteiger partial charge in [-0.15, -0.1) is 0 Å². The zero-order valence-electron chi connectivity index (χ0n) is 12.7. The van der Waals surface area contributed by atoms with Crippen LogP contribution in [0.25, 0.3) is 0 Å². The van der Waals surface area contributed by atoms with Crippen molar-refractivity contribution < 1.29 is 27.5 Å². The summed E-state index contributed by atoms with van der Waals surface area (Å²) in [5.74, 6) is -2.27. The third-order valence-electron chi connectivity index (χ3n) is 3.64. The summed E-state index contributed by atoms with van der Waals surface area (Å²) in [6, 6.07) is 6.86. The van der Waals surface area contributed by atoms with Crippen LogP contribution in [0.1, 0.15) is 10.4 Å². The Bertz CT molecular complexity index is 602. The summed E-state index contributed by atoms with van der Waals surface area (Å²) in [5.41, 5.74) is 0.415. The average molecular weight is 409 g/mol. The van der Waals surface area contributed by atoms with Crippen LogP contribution in [-0.2, 0) is 9.53 Å². The largest absolute Gasteiger partial charge is 0.471 e. The number of rotatable bonds is 4. The Morgan fingerprint density at radius 2 is 1.75 bits per heavy atom. The summed E-state index contributed by atoms with van der Waals surface area (Å²) in [6.07, 6.45) is -4.83. The van der Waals surface area contributed by atoms with Gasteiger partial charge in [-0.05, 0) is 28.1 Å². The van der Waals surface area contributed by atoms with Crippen molar-refractivity contribution in [3.05, 3.63) is 34.3 Å². The minimum absolute atomic E-state index is 0.0104. The number of hydrogen-bond acceptors (Lipinski definition) is 4. The van der Waals surface area contributed by atoms with Gasteiger partial charge in [0, 0.05) is 37.2 Å². The Morgan fingerprint density at radius 3 is 2.33 bits per heavy atom. The zero-order chi connectivity index (χ0) is 17.7. The maximum Gasteiger partial charge on any atom is 0.471 e. The number of amides is 1. The summed E-state index contributed by atoms with van der Waals surface area (Å²) in [7, 11) is 0. The fraction of sp³-hybridized carbons (Fsp3) is 0.467. The lowest BCUT2D eigenvalue weighted by Crippen LogP contribution is -2.52. The molecule has 0 N–H and O–H groups in total. The first-order chi connectivity index (χ1) is 11.3. The van der Waals surface area contributed by atoms with E-state index in [1.807, 2.05) is 4.90 Å². The number of benzene rings is 1. The number of ether oxygens (including phenoxy) is 1. The van der Waals surface area contributed by atoms with Crippen LogP contribution in [-0.4, -0.2) is 67.2 Å². The molecule has 1 aromatic carbocycles. The molecule has 1 fully saturated rings. The summed E-state index contributed by atoms with van der Waals surface area (Å²) < 4.78 is 42.9. The van der Waals surface area contributed by atoms with Crippen molar-refractivity contribution >= 4 is 27.8 Å². The summed E-state index contributed by atoms with van der Waals surface area (Å²) >= 11 is 3.26. The standard InChI is InChI=1S/C15H16BrF3N2O3/c16-12-4-2-1-3-11(12)13(22)24-10-9-20-5-7-21(8-6-20)14(23)15(17,18)19/h1-4H,5-10H2. The second-order valence-electron chi connectivity index (χ2n) is 5.25. The molecule has 0 bridgehead atoms. The Morgan fingerprint density at radius 1 is 1.12 bits per heavy atom. The number of carbonyl (C=O) groups is 2. The molecule has 0 atom stereocenters. The van der Waals surface area contributed by atoms with Crippen molar-refractivity contribution in [2.24, 2.45) is 0 Å². The minimum Gasteiger partial charge on any atom is -0.461 e. The number of nitrogens with zero attached hydrogens (tertiary/aromatic N) is 2. The van der Waals surface area contributed by atoms with E-state index in [9.17, 15) is 22.8 Å². The van der Waals surface area contributed by atoms with E-state index in [1.54, 1.807) is 24.3 Å². The van der Waals surface area contributed by atoms with Gasteiger partial charge in [-0.1, -0.05) is 12.1 Å². The number of piperazine rings is 1. The molecule has 0 aliphatic carbocycles. The molecular weight excluding hydrogens is 393 g/mol. The van der Waals surface area contributed by atoms with Crippen molar-refractivity contribution in [3.63, 3.8) is 0 Å². The molecule has 0 saturated carbocycles. The van der Waals surface area contributed by atoms with Gasteiger partial charge in [0.2, 0.25) is 0 Å². The summed E-state index contributed by atoms with van der Waals surface area (Å²) in [6.45, 7) is 1.19. The highest BCUT2D eigenvalue weighted by Gasteiger charge is 2.43. The van der Waals surface area contributed by atoms with Crippen LogP contribution < -0.4 is 0 Å². The van der Waals surface area contributed by atoms with Crippen LogP contribution in [0.3, 0.4) is 0 Å². The minimum atomic E-state index is -4.83.